The molecule has 3 aromatic rings. The lowest BCUT2D eigenvalue weighted by Gasteiger charge is -2.11. The molecule has 0 aliphatic carbocycles. The van der Waals surface area contributed by atoms with Crippen LogP contribution >= 0.6 is 11.6 Å². The second-order valence-corrected chi connectivity index (χ2v) is 5.74. The number of ether oxygens (including phenoxy) is 1. The Morgan fingerprint density at radius 1 is 1.11 bits per heavy atom. The zero-order chi connectivity index (χ0) is 19.4. The Balaban J connectivity index is 1.75. The lowest BCUT2D eigenvalue weighted by atomic mass is 10.2. The first-order valence-electron chi connectivity index (χ1n) is 7.66. The molecular formula is C18H13ClF2N4O2. The van der Waals surface area contributed by atoms with Gasteiger partial charge in [0, 0.05) is 5.02 Å². The molecule has 2 N–H and O–H groups in total. The molecule has 0 aliphatic rings. The fourth-order valence-electron chi connectivity index (χ4n) is 2.22. The third-order valence-corrected chi connectivity index (χ3v) is 3.75. The molecule has 1 aromatic heterocycles. The van der Waals surface area contributed by atoms with Crippen LogP contribution in [0.5, 0.6) is 5.75 Å². The predicted octanol–water partition coefficient (Wildman–Crippen LogP) is 4.41. The van der Waals surface area contributed by atoms with Crippen molar-refractivity contribution < 1.29 is 18.3 Å². The van der Waals surface area contributed by atoms with Gasteiger partial charge >= 0.3 is 0 Å². The second kappa shape index (κ2) is 7.96. The van der Waals surface area contributed by atoms with Gasteiger partial charge in [0.2, 0.25) is 0 Å². The lowest BCUT2D eigenvalue weighted by Crippen LogP contribution is -2.15. The van der Waals surface area contributed by atoms with E-state index >= 15 is 0 Å². The standard InChI is InChI=1S/C18H13ClF2N4O2/c1-27-15-6-5-10(19)7-13(15)24-18(26)14-8-23-16(9-22-14)25-17-11(20)3-2-4-12(17)21/h2-9H,1H3,(H,23,25)(H,24,26). The number of para-hydroxylation sites is 1. The minimum absolute atomic E-state index is 0.00316. The van der Waals surface area contributed by atoms with E-state index in [0.717, 1.165) is 12.1 Å². The molecule has 0 fully saturated rings. The summed E-state index contributed by atoms with van der Waals surface area (Å²) in [5.74, 6) is -1.59. The zero-order valence-electron chi connectivity index (χ0n) is 14.0. The minimum Gasteiger partial charge on any atom is -0.495 e. The average molecular weight is 391 g/mol. The number of carbonyl (C=O) groups is 1. The summed E-state index contributed by atoms with van der Waals surface area (Å²) >= 11 is 5.92. The summed E-state index contributed by atoms with van der Waals surface area (Å²) in [4.78, 5) is 20.2. The molecule has 9 heteroatoms. The van der Waals surface area contributed by atoms with Crippen molar-refractivity contribution in [3.05, 3.63) is 71.1 Å². The Labute approximate surface area is 158 Å². The first kappa shape index (κ1) is 18.5. The van der Waals surface area contributed by atoms with Gasteiger partial charge in [-0.1, -0.05) is 17.7 Å². The topological polar surface area (TPSA) is 76.1 Å². The normalized spacial score (nSPS) is 10.4. The van der Waals surface area contributed by atoms with Crippen molar-refractivity contribution in [2.24, 2.45) is 0 Å². The largest absolute Gasteiger partial charge is 0.495 e. The molecule has 0 unspecified atom stereocenters. The summed E-state index contributed by atoms with van der Waals surface area (Å²) in [6.07, 6.45) is 2.36. The van der Waals surface area contributed by atoms with Gasteiger partial charge in [-0.15, -0.1) is 0 Å². The van der Waals surface area contributed by atoms with Crippen LogP contribution in [0.2, 0.25) is 5.02 Å². The molecule has 1 heterocycles. The Bertz CT molecular complexity index is 963. The van der Waals surface area contributed by atoms with Gasteiger partial charge in [-0.2, -0.15) is 0 Å². The number of nitrogens with one attached hydrogen (secondary N) is 2. The number of halogens is 3. The molecule has 0 radical (unpaired) electrons. The van der Waals surface area contributed by atoms with E-state index in [9.17, 15) is 13.6 Å². The van der Waals surface area contributed by atoms with Crippen LogP contribution in [0.1, 0.15) is 10.5 Å². The molecule has 6 nitrogen and oxygen atoms in total. The van der Waals surface area contributed by atoms with Gasteiger partial charge < -0.3 is 15.4 Å². The summed E-state index contributed by atoms with van der Waals surface area (Å²) in [6, 6.07) is 8.23. The van der Waals surface area contributed by atoms with E-state index in [1.165, 1.54) is 31.6 Å². The monoisotopic (exact) mass is 390 g/mol. The van der Waals surface area contributed by atoms with Gasteiger partial charge in [0.25, 0.3) is 5.91 Å². The number of rotatable bonds is 5. The van der Waals surface area contributed by atoms with E-state index in [0.29, 0.717) is 16.5 Å². The van der Waals surface area contributed by atoms with Crippen molar-refractivity contribution in [1.82, 2.24) is 9.97 Å². The molecule has 1 amide bonds. The number of carbonyl (C=O) groups excluding carboxylic acids is 1. The molecule has 0 saturated carbocycles. The van der Waals surface area contributed by atoms with Crippen molar-refractivity contribution in [1.29, 1.82) is 0 Å². The van der Waals surface area contributed by atoms with Crippen LogP contribution in [0.3, 0.4) is 0 Å². The molecule has 2 aromatic carbocycles. The van der Waals surface area contributed by atoms with Gasteiger partial charge in [-0.25, -0.2) is 18.7 Å². The van der Waals surface area contributed by atoms with Gasteiger partial charge in [0.15, 0.2) is 0 Å². The molecule has 0 saturated heterocycles. The maximum absolute atomic E-state index is 13.7. The van der Waals surface area contributed by atoms with Gasteiger partial charge in [0.05, 0.1) is 25.2 Å². The smallest absolute Gasteiger partial charge is 0.275 e. The van der Waals surface area contributed by atoms with Crippen LogP contribution in [-0.4, -0.2) is 23.0 Å². The molecule has 0 bridgehead atoms. The Morgan fingerprint density at radius 3 is 2.48 bits per heavy atom. The van der Waals surface area contributed by atoms with Crippen LogP contribution in [0, 0.1) is 11.6 Å². The number of nitrogens with zero attached hydrogens (tertiary/aromatic N) is 2. The summed E-state index contributed by atoms with van der Waals surface area (Å²) in [5.41, 5.74) is 0.0108. The maximum atomic E-state index is 13.7. The zero-order valence-corrected chi connectivity index (χ0v) is 14.7. The van der Waals surface area contributed by atoms with Crippen molar-refractivity contribution in [3.63, 3.8) is 0 Å². The van der Waals surface area contributed by atoms with Crippen molar-refractivity contribution in [2.75, 3.05) is 17.7 Å². The van der Waals surface area contributed by atoms with Gasteiger partial charge in [0.1, 0.15) is 34.6 Å². The minimum atomic E-state index is -0.772. The van der Waals surface area contributed by atoms with Crippen molar-refractivity contribution >= 4 is 34.7 Å². The predicted molar refractivity (Wildman–Crippen MR) is 97.6 cm³/mol. The van der Waals surface area contributed by atoms with E-state index in [-0.39, 0.29) is 17.2 Å². The molecular weight excluding hydrogens is 378 g/mol. The first-order valence-corrected chi connectivity index (χ1v) is 8.03. The van der Waals surface area contributed by atoms with Crippen LogP contribution in [-0.2, 0) is 0 Å². The third-order valence-electron chi connectivity index (χ3n) is 3.51. The maximum Gasteiger partial charge on any atom is 0.275 e. The van der Waals surface area contributed by atoms with E-state index in [4.69, 9.17) is 16.3 Å². The number of benzene rings is 2. The summed E-state index contributed by atoms with van der Waals surface area (Å²) < 4.78 is 32.5. The second-order valence-electron chi connectivity index (χ2n) is 5.31. The van der Waals surface area contributed by atoms with Crippen LogP contribution in [0.15, 0.2) is 48.8 Å². The van der Waals surface area contributed by atoms with E-state index in [1.54, 1.807) is 12.1 Å². The van der Waals surface area contributed by atoms with Crippen LogP contribution in [0.4, 0.5) is 26.0 Å². The van der Waals surface area contributed by atoms with E-state index < -0.39 is 17.5 Å². The molecule has 0 aliphatic heterocycles. The molecule has 0 spiro atoms. The number of hydrogen-bond donors (Lipinski definition) is 2. The number of amides is 1. The Morgan fingerprint density at radius 2 is 1.85 bits per heavy atom. The average Bonchev–Trinajstić information content (AvgIpc) is 2.65. The van der Waals surface area contributed by atoms with Crippen LogP contribution < -0.4 is 15.4 Å². The molecule has 3 rings (SSSR count). The summed E-state index contributed by atoms with van der Waals surface area (Å²) in [5, 5.41) is 5.52. The highest BCUT2D eigenvalue weighted by molar-refractivity contribution is 6.31. The van der Waals surface area contributed by atoms with Gasteiger partial charge in [-0.05, 0) is 30.3 Å². The van der Waals surface area contributed by atoms with Crippen molar-refractivity contribution in [2.45, 2.75) is 0 Å². The quantitative estimate of drug-likeness (QED) is 0.674. The molecule has 0 atom stereocenters. The fraction of sp³-hybridized carbons (Fsp3) is 0.0556. The highest BCUT2D eigenvalue weighted by atomic mass is 35.5. The fourth-order valence-corrected chi connectivity index (χ4v) is 2.39. The van der Waals surface area contributed by atoms with Crippen LogP contribution in [0.25, 0.3) is 0 Å². The number of methoxy groups -OCH3 is 1. The first-order chi connectivity index (χ1) is 13.0. The van der Waals surface area contributed by atoms with E-state index in [1.807, 2.05) is 0 Å². The number of aromatic nitrogens is 2. The number of hydrogen-bond acceptors (Lipinski definition) is 5. The summed E-state index contributed by atoms with van der Waals surface area (Å²) in [6.45, 7) is 0. The Hall–Kier alpha value is -3.26. The molecule has 27 heavy (non-hydrogen) atoms. The third kappa shape index (κ3) is 4.29. The summed E-state index contributed by atoms with van der Waals surface area (Å²) in [7, 11) is 1.46. The Kier molecular flexibility index (Phi) is 5.46. The van der Waals surface area contributed by atoms with E-state index in [2.05, 4.69) is 20.6 Å². The van der Waals surface area contributed by atoms with Gasteiger partial charge in [-0.3, -0.25) is 4.79 Å². The SMILES string of the molecule is COc1ccc(Cl)cc1NC(=O)c1cnc(Nc2c(F)cccc2F)cn1. The number of anilines is 3. The molecule has 138 valence electrons. The highest BCUT2D eigenvalue weighted by Gasteiger charge is 2.13. The highest BCUT2D eigenvalue weighted by Crippen LogP contribution is 2.28. The van der Waals surface area contributed by atoms with Crippen molar-refractivity contribution in [3.8, 4) is 5.75 Å². The lowest BCUT2D eigenvalue weighted by molar-refractivity contribution is 0.102.